The largest absolute Gasteiger partial charge is 0.328 e. The van der Waals surface area contributed by atoms with E-state index in [-0.39, 0.29) is 29.5 Å². The Bertz CT molecular complexity index is 646. The van der Waals surface area contributed by atoms with Crippen LogP contribution in [0.15, 0.2) is 23.1 Å². The lowest BCUT2D eigenvalue weighted by atomic mass is 9.93. The van der Waals surface area contributed by atoms with E-state index in [4.69, 9.17) is 17.3 Å². The number of nitrogens with one attached hydrogen (secondary N) is 1. The second-order valence-electron chi connectivity index (χ2n) is 5.10. The van der Waals surface area contributed by atoms with Crippen molar-refractivity contribution in [2.45, 2.75) is 42.7 Å². The second kappa shape index (κ2) is 7.56. The molecular formula is C12H17Cl2N3O4S. The Morgan fingerprint density at radius 2 is 1.86 bits per heavy atom. The molecule has 0 amide bonds. The monoisotopic (exact) mass is 369 g/mol. The minimum absolute atomic E-state index is 0. The minimum atomic E-state index is -3.99. The highest BCUT2D eigenvalue weighted by molar-refractivity contribution is 7.89. The summed E-state index contributed by atoms with van der Waals surface area (Å²) < 4.78 is 27.2. The SMILES string of the molecule is Cl.NC1CCC(NS(=O)(=O)c2cc(Cl)ccc2[N+](=O)[O-])CC1. The van der Waals surface area contributed by atoms with E-state index in [2.05, 4.69) is 4.72 Å². The summed E-state index contributed by atoms with van der Waals surface area (Å²) in [5.41, 5.74) is 5.28. The van der Waals surface area contributed by atoms with Gasteiger partial charge < -0.3 is 5.73 Å². The molecule has 0 bridgehead atoms. The fourth-order valence-corrected chi connectivity index (χ4v) is 4.11. The molecule has 2 rings (SSSR count). The summed E-state index contributed by atoms with van der Waals surface area (Å²) in [5.74, 6) is 0. The summed E-state index contributed by atoms with van der Waals surface area (Å²) in [6.07, 6.45) is 2.69. The number of benzene rings is 1. The van der Waals surface area contributed by atoms with Crippen molar-refractivity contribution >= 4 is 39.7 Å². The van der Waals surface area contributed by atoms with Crippen LogP contribution in [-0.4, -0.2) is 25.4 Å². The van der Waals surface area contributed by atoms with Gasteiger partial charge in [-0.05, 0) is 37.8 Å². The lowest BCUT2D eigenvalue weighted by Crippen LogP contribution is -2.40. The first kappa shape index (κ1) is 19.1. The van der Waals surface area contributed by atoms with Gasteiger partial charge in [0.1, 0.15) is 0 Å². The third-order valence-corrected chi connectivity index (χ3v) is 5.29. The van der Waals surface area contributed by atoms with Gasteiger partial charge in [-0.3, -0.25) is 10.1 Å². The van der Waals surface area contributed by atoms with Gasteiger partial charge in [0.2, 0.25) is 10.0 Å². The van der Waals surface area contributed by atoms with Gasteiger partial charge in [-0.25, -0.2) is 13.1 Å². The van der Waals surface area contributed by atoms with Crippen LogP contribution in [0.5, 0.6) is 0 Å². The maximum absolute atomic E-state index is 12.4. The molecule has 10 heteroatoms. The van der Waals surface area contributed by atoms with E-state index >= 15 is 0 Å². The van der Waals surface area contributed by atoms with Crippen LogP contribution in [-0.2, 0) is 10.0 Å². The molecule has 0 radical (unpaired) electrons. The molecule has 0 heterocycles. The fourth-order valence-electron chi connectivity index (χ4n) is 2.37. The lowest BCUT2D eigenvalue weighted by Gasteiger charge is -2.26. The predicted molar refractivity (Wildman–Crippen MR) is 85.9 cm³/mol. The molecule has 1 aliphatic rings. The van der Waals surface area contributed by atoms with E-state index in [0.29, 0.717) is 12.8 Å². The minimum Gasteiger partial charge on any atom is -0.328 e. The second-order valence-corrected chi connectivity index (χ2v) is 7.22. The molecule has 0 atom stereocenters. The highest BCUT2D eigenvalue weighted by Crippen LogP contribution is 2.28. The van der Waals surface area contributed by atoms with Crippen LogP contribution in [0.25, 0.3) is 0 Å². The van der Waals surface area contributed by atoms with Crippen molar-refractivity contribution in [2.75, 3.05) is 0 Å². The van der Waals surface area contributed by atoms with Crippen molar-refractivity contribution in [2.24, 2.45) is 5.73 Å². The average Bonchev–Trinajstić information content (AvgIpc) is 2.41. The zero-order valence-electron chi connectivity index (χ0n) is 11.6. The number of nitrogens with zero attached hydrogens (tertiary/aromatic N) is 1. The Kier molecular flexibility index (Phi) is 6.57. The normalized spacial score (nSPS) is 21.9. The summed E-state index contributed by atoms with van der Waals surface area (Å²) in [6, 6.07) is 3.31. The zero-order chi connectivity index (χ0) is 15.6. The molecule has 124 valence electrons. The van der Waals surface area contributed by atoms with Gasteiger partial charge in [0.15, 0.2) is 4.90 Å². The van der Waals surface area contributed by atoms with Crippen LogP contribution in [0.1, 0.15) is 25.7 Å². The van der Waals surface area contributed by atoms with Gasteiger partial charge in [0.05, 0.1) is 4.92 Å². The number of nitro benzene ring substituents is 1. The summed E-state index contributed by atoms with van der Waals surface area (Å²) in [7, 11) is -3.99. The Balaban J connectivity index is 0.00000242. The first-order chi connectivity index (χ1) is 9.79. The highest BCUT2D eigenvalue weighted by Gasteiger charge is 2.29. The molecule has 3 N–H and O–H groups in total. The van der Waals surface area contributed by atoms with Gasteiger partial charge in [0.25, 0.3) is 5.69 Å². The number of nitrogens with two attached hydrogens (primary N) is 1. The quantitative estimate of drug-likeness (QED) is 0.623. The van der Waals surface area contributed by atoms with Gasteiger partial charge in [-0.1, -0.05) is 11.6 Å². The third-order valence-electron chi connectivity index (χ3n) is 3.50. The summed E-state index contributed by atoms with van der Waals surface area (Å²) in [5, 5.41) is 11.1. The highest BCUT2D eigenvalue weighted by atomic mass is 35.5. The van der Waals surface area contributed by atoms with Crippen molar-refractivity contribution < 1.29 is 13.3 Å². The van der Waals surface area contributed by atoms with Crippen molar-refractivity contribution in [3.63, 3.8) is 0 Å². The average molecular weight is 370 g/mol. The van der Waals surface area contributed by atoms with Crippen LogP contribution in [0.4, 0.5) is 5.69 Å². The summed E-state index contributed by atoms with van der Waals surface area (Å²) in [4.78, 5) is 9.83. The van der Waals surface area contributed by atoms with Crippen molar-refractivity contribution in [3.8, 4) is 0 Å². The maximum atomic E-state index is 12.4. The summed E-state index contributed by atoms with van der Waals surface area (Å²) in [6.45, 7) is 0. The molecule has 1 saturated carbocycles. The molecule has 1 aromatic rings. The van der Waals surface area contributed by atoms with E-state index in [1.54, 1.807) is 0 Å². The first-order valence-corrected chi connectivity index (χ1v) is 8.37. The molecule has 1 aromatic carbocycles. The van der Waals surface area contributed by atoms with Crippen molar-refractivity contribution in [1.82, 2.24) is 4.72 Å². The van der Waals surface area contributed by atoms with Crippen LogP contribution in [0, 0.1) is 10.1 Å². The number of hydrogen-bond acceptors (Lipinski definition) is 5. The molecule has 0 aliphatic heterocycles. The molecule has 1 aliphatic carbocycles. The van der Waals surface area contributed by atoms with Crippen LogP contribution in [0.2, 0.25) is 5.02 Å². The molecule has 0 spiro atoms. The van der Waals surface area contributed by atoms with Crippen molar-refractivity contribution in [3.05, 3.63) is 33.3 Å². The van der Waals surface area contributed by atoms with E-state index in [1.807, 2.05) is 0 Å². The molecule has 22 heavy (non-hydrogen) atoms. The molecule has 0 saturated heterocycles. The van der Waals surface area contributed by atoms with Crippen molar-refractivity contribution in [1.29, 1.82) is 0 Å². The topological polar surface area (TPSA) is 115 Å². The Labute approximate surface area is 139 Å². The summed E-state index contributed by atoms with van der Waals surface area (Å²) >= 11 is 5.76. The van der Waals surface area contributed by atoms with Gasteiger partial charge in [-0.2, -0.15) is 0 Å². The maximum Gasteiger partial charge on any atom is 0.289 e. The molecule has 7 nitrogen and oxygen atoms in total. The third kappa shape index (κ3) is 4.53. The van der Waals surface area contributed by atoms with Crippen LogP contribution in [0.3, 0.4) is 0 Å². The number of rotatable bonds is 4. The zero-order valence-corrected chi connectivity index (χ0v) is 14.0. The fraction of sp³-hybridized carbons (Fsp3) is 0.500. The van der Waals surface area contributed by atoms with Crippen LogP contribution >= 0.6 is 24.0 Å². The number of nitro groups is 1. The molecule has 1 fully saturated rings. The van der Waals surface area contributed by atoms with E-state index in [0.717, 1.165) is 25.0 Å². The van der Waals surface area contributed by atoms with Gasteiger partial charge in [-0.15, -0.1) is 12.4 Å². The van der Waals surface area contributed by atoms with Gasteiger partial charge in [0, 0.05) is 23.2 Å². The molecular weight excluding hydrogens is 353 g/mol. The Hall–Kier alpha value is -0.930. The standard InChI is InChI=1S/C12H16ClN3O4S.ClH/c13-8-1-6-11(16(17)18)12(7-8)21(19,20)15-10-4-2-9(14)3-5-10;/h1,6-7,9-10,15H,2-5,14H2;1H. The van der Waals surface area contributed by atoms with Gasteiger partial charge >= 0.3 is 0 Å². The number of sulfonamides is 1. The van der Waals surface area contributed by atoms with E-state index in [1.165, 1.54) is 6.07 Å². The molecule has 0 aromatic heterocycles. The number of hydrogen-bond donors (Lipinski definition) is 2. The first-order valence-electron chi connectivity index (χ1n) is 6.51. The number of halogens is 2. The lowest BCUT2D eigenvalue weighted by molar-refractivity contribution is -0.387. The van der Waals surface area contributed by atoms with E-state index in [9.17, 15) is 18.5 Å². The predicted octanol–water partition coefficient (Wildman–Crippen LogP) is 2.22. The van der Waals surface area contributed by atoms with Crippen LogP contribution < -0.4 is 10.5 Å². The smallest absolute Gasteiger partial charge is 0.289 e. The van der Waals surface area contributed by atoms with E-state index < -0.39 is 25.5 Å². The Morgan fingerprint density at radius 1 is 1.27 bits per heavy atom. The molecule has 0 unspecified atom stereocenters. The Morgan fingerprint density at radius 3 is 2.41 bits per heavy atom.